The van der Waals surface area contributed by atoms with Crippen molar-refractivity contribution < 1.29 is 18.4 Å². The summed E-state index contributed by atoms with van der Waals surface area (Å²) in [7, 11) is 0. The maximum atomic E-state index is 13.3. The van der Waals surface area contributed by atoms with Gasteiger partial charge < -0.3 is 19.1 Å². The summed E-state index contributed by atoms with van der Waals surface area (Å²) in [6, 6.07) is 17.1. The number of hydrogen-bond donors (Lipinski definition) is 1. The van der Waals surface area contributed by atoms with Crippen molar-refractivity contribution in [2.75, 3.05) is 25.4 Å². The largest absolute Gasteiger partial charge is 0.468 e. The summed E-state index contributed by atoms with van der Waals surface area (Å²) >= 11 is 1.71. The van der Waals surface area contributed by atoms with Gasteiger partial charge in [0.25, 0.3) is 11.8 Å². The monoisotopic (exact) mass is 530 g/mol. The molecule has 1 N–H and O–H groups in total. The third-order valence-electron chi connectivity index (χ3n) is 6.64. The van der Waals surface area contributed by atoms with Crippen LogP contribution in [0.3, 0.4) is 0 Å². The number of likely N-dealkylation sites (tertiary alicyclic amines) is 1. The number of carbonyl (C=O) groups excluding carboxylic acids is 2. The SMILES string of the molecule is Cc1ccc(C(=O)NCCSCc2ccco2)c(C2CCN(C(=O)c3ncoc3-c3ccccc3)CC2)n1. The minimum Gasteiger partial charge on any atom is -0.468 e. The first-order valence-corrected chi connectivity index (χ1v) is 13.9. The molecule has 8 nitrogen and oxygen atoms in total. The molecule has 4 aromatic rings. The predicted molar refractivity (Wildman–Crippen MR) is 146 cm³/mol. The van der Waals surface area contributed by atoms with Crippen molar-refractivity contribution >= 4 is 23.6 Å². The Labute approximate surface area is 225 Å². The Bertz CT molecular complexity index is 1360. The van der Waals surface area contributed by atoms with Gasteiger partial charge in [-0.05, 0) is 44.0 Å². The van der Waals surface area contributed by atoms with E-state index in [9.17, 15) is 9.59 Å². The van der Waals surface area contributed by atoms with Gasteiger partial charge in [0.1, 0.15) is 5.76 Å². The van der Waals surface area contributed by atoms with Crippen molar-refractivity contribution in [1.29, 1.82) is 0 Å². The van der Waals surface area contributed by atoms with Crippen molar-refractivity contribution in [1.82, 2.24) is 20.2 Å². The quantitative estimate of drug-likeness (QED) is 0.292. The maximum Gasteiger partial charge on any atom is 0.276 e. The van der Waals surface area contributed by atoms with E-state index in [2.05, 4.69) is 10.3 Å². The Morgan fingerprint density at radius 1 is 1.05 bits per heavy atom. The first-order valence-electron chi connectivity index (χ1n) is 12.7. The number of aryl methyl sites for hydroxylation is 1. The molecule has 0 aliphatic carbocycles. The Morgan fingerprint density at radius 2 is 1.87 bits per heavy atom. The first-order chi connectivity index (χ1) is 18.6. The topological polar surface area (TPSA) is 101 Å². The van der Waals surface area contributed by atoms with Crippen molar-refractivity contribution in [3.8, 4) is 11.3 Å². The van der Waals surface area contributed by atoms with Gasteiger partial charge in [0.15, 0.2) is 17.8 Å². The zero-order valence-corrected chi connectivity index (χ0v) is 22.1. The van der Waals surface area contributed by atoms with Gasteiger partial charge in [0.05, 0.1) is 23.3 Å². The molecular formula is C29H30N4O4S. The first kappa shape index (κ1) is 25.8. The van der Waals surface area contributed by atoms with Gasteiger partial charge in [-0.3, -0.25) is 14.6 Å². The second-order valence-electron chi connectivity index (χ2n) is 9.24. The molecule has 196 valence electrons. The van der Waals surface area contributed by atoms with Gasteiger partial charge in [-0.1, -0.05) is 30.3 Å². The Kier molecular flexibility index (Phi) is 8.23. The summed E-state index contributed by atoms with van der Waals surface area (Å²) in [6.45, 7) is 3.62. The molecule has 1 saturated heterocycles. The lowest BCUT2D eigenvalue weighted by molar-refractivity contribution is 0.0705. The number of rotatable bonds is 9. The van der Waals surface area contributed by atoms with E-state index in [0.717, 1.165) is 47.1 Å². The van der Waals surface area contributed by atoms with E-state index in [0.29, 0.717) is 36.7 Å². The molecule has 9 heteroatoms. The molecule has 1 aliphatic rings. The smallest absolute Gasteiger partial charge is 0.276 e. The fourth-order valence-corrected chi connectivity index (χ4v) is 5.43. The third-order valence-corrected chi connectivity index (χ3v) is 7.62. The van der Waals surface area contributed by atoms with Crippen LogP contribution in [0.25, 0.3) is 11.3 Å². The lowest BCUT2D eigenvalue weighted by Crippen LogP contribution is -2.39. The zero-order chi connectivity index (χ0) is 26.3. The highest BCUT2D eigenvalue weighted by molar-refractivity contribution is 7.98. The summed E-state index contributed by atoms with van der Waals surface area (Å²) in [5.41, 5.74) is 3.44. The number of hydrogen-bond acceptors (Lipinski definition) is 7. The molecule has 0 saturated carbocycles. The molecule has 3 aromatic heterocycles. The van der Waals surface area contributed by atoms with Crippen LogP contribution in [0.5, 0.6) is 0 Å². The van der Waals surface area contributed by atoms with Crippen LogP contribution in [-0.2, 0) is 5.75 Å². The average molecular weight is 531 g/mol. The minimum atomic E-state index is -0.140. The number of aromatic nitrogens is 2. The van der Waals surface area contributed by atoms with Crippen molar-refractivity contribution in [3.63, 3.8) is 0 Å². The van der Waals surface area contributed by atoms with Gasteiger partial charge in [0.2, 0.25) is 0 Å². The number of furan rings is 1. The van der Waals surface area contributed by atoms with Crippen LogP contribution >= 0.6 is 11.8 Å². The van der Waals surface area contributed by atoms with Crippen LogP contribution in [0, 0.1) is 6.92 Å². The standard InChI is InChI=1S/C29H30N4O4S/c1-20-9-10-24(28(34)30-13-17-38-18-23-8-5-16-36-23)25(32-20)21-11-14-33(15-12-21)29(35)26-27(37-19-31-26)22-6-3-2-4-7-22/h2-10,16,19,21H,11-15,17-18H2,1H3,(H,30,34). The Morgan fingerprint density at radius 3 is 2.63 bits per heavy atom. The minimum absolute atomic E-state index is 0.0962. The van der Waals surface area contributed by atoms with Gasteiger partial charge in [-0.2, -0.15) is 11.8 Å². The molecule has 1 aromatic carbocycles. The Hall–Kier alpha value is -3.85. The second kappa shape index (κ2) is 12.1. The van der Waals surface area contributed by atoms with Gasteiger partial charge in [-0.15, -0.1) is 0 Å². The highest BCUT2D eigenvalue weighted by atomic mass is 32.2. The summed E-state index contributed by atoms with van der Waals surface area (Å²) in [6.07, 6.45) is 4.43. The van der Waals surface area contributed by atoms with Crippen LogP contribution in [-0.4, -0.2) is 52.1 Å². The van der Waals surface area contributed by atoms with Crippen LogP contribution in [0.2, 0.25) is 0 Å². The van der Waals surface area contributed by atoms with Crippen molar-refractivity contribution in [3.05, 3.63) is 95.7 Å². The van der Waals surface area contributed by atoms with Crippen molar-refractivity contribution in [2.24, 2.45) is 0 Å². The van der Waals surface area contributed by atoms with Gasteiger partial charge in [-0.25, -0.2) is 4.98 Å². The number of nitrogens with zero attached hydrogens (tertiary/aromatic N) is 3. The summed E-state index contributed by atoms with van der Waals surface area (Å²) in [5.74, 6) is 2.82. The summed E-state index contributed by atoms with van der Waals surface area (Å²) < 4.78 is 10.9. The van der Waals surface area contributed by atoms with E-state index in [4.69, 9.17) is 13.8 Å². The molecule has 38 heavy (non-hydrogen) atoms. The number of carbonyl (C=O) groups is 2. The number of nitrogens with one attached hydrogen (secondary N) is 1. The molecule has 2 amide bonds. The Balaban J connectivity index is 1.19. The number of benzene rings is 1. The van der Waals surface area contributed by atoms with Crippen LogP contribution in [0.15, 0.2) is 76.1 Å². The zero-order valence-electron chi connectivity index (χ0n) is 21.3. The molecule has 0 atom stereocenters. The van der Waals surface area contributed by atoms with E-state index in [1.165, 1.54) is 6.39 Å². The number of thioether (sulfide) groups is 1. The third kappa shape index (κ3) is 5.99. The fourth-order valence-electron chi connectivity index (χ4n) is 4.68. The van der Waals surface area contributed by atoms with Crippen LogP contribution in [0.1, 0.15) is 56.8 Å². The lowest BCUT2D eigenvalue weighted by atomic mass is 9.89. The molecule has 0 bridgehead atoms. The normalized spacial score (nSPS) is 14.0. The molecule has 1 aliphatic heterocycles. The number of pyridine rings is 1. The maximum absolute atomic E-state index is 13.3. The van der Waals surface area contributed by atoms with E-state index < -0.39 is 0 Å². The molecule has 0 unspecified atom stereocenters. The average Bonchev–Trinajstić information content (AvgIpc) is 3.66. The molecule has 0 spiro atoms. The molecule has 0 radical (unpaired) electrons. The fraction of sp³-hybridized carbons (Fsp3) is 0.310. The number of amides is 2. The van der Waals surface area contributed by atoms with E-state index in [1.807, 2.05) is 66.4 Å². The van der Waals surface area contributed by atoms with Crippen molar-refractivity contribution in [2.45, 2.75) is 31.4 Å². The second-order valence-corrected chi connectivity index (χ2v) is 10.3. The summed E-state index contributed by atoms with van der Waals surface area (Å²) in [4.78, 5) is 37.1. The van der Waals surface area contributed by atoms with Crippen LogP contribution < -0.4 is 5.32 Å². The molecular weight excluding hydrogens is 500 g/mol. The highest BCUT2D eigenvalue weighted by Gasteiger charge is 2.30. The van der Waals surface area contributed by atoms with E-state index >= 15 is 0 Å². The number of piperidine rings is 1. The number of oxazole rings is 1. The van der Waals surface area contributed by atoms with E-state index in [-0.39, 0.29) is 17.7 Å². The predicted octanol–water partition coefficient (Wildman–Crippen LogP) is 5.32. The summed E-state index contributed by atoms with van der Waals surface area (Å²) in [5, 5.41) is 3.03. The molecule has 1 fully saturated rings. The van der Waals surface area contributed by atoms with Gasteiger partial charge >= 0.3 is 0 Å². The molecule has 5 rings (SSSR count). The van der Waals surface area contributed by atoms with Gasteiger partial charge in [0, 0.05) is 42.6 Å². The highest BCUT2D eigenvalue weighted by Crippen LogP contribution is 2.31. The molecule has 4 heterocycles. The van der Waals surface area contributed by atoms with Crippen LogP contribution in [0.4, 0.5) is 0 Å². The lowest BCUT2D eigenvalue weighted by Gasteiger charge is -2.32. The van der Waals surface area contributed by atoms with E-state index in [1.54, 1.807) is 18.0 Å².